The number of hydrogen-bond acceptors (Lipinski definition) is 7. The molecule has 176 valence electrons. The van der Waals surface area contributed by atoms with E-state index in [1.165, 1.54) is 0 Å². The van der Waals surface area contributed by atoms with E-state index in [1.807, 2.05) is 0 Å². The number of benzene rings is 2. The minimum atomic E-state index is -1.54. The van der Waals surface area contributed by atoms with Gasteiger partial charge >= 0.3 is 6.16 Å². The third-order valence-electron chi connectivity index (χ3n) is 5.52. The molecule has 0 bridgehead atoms. The summed E-state index contributed by atoms with van der Waals surface area (Å²) < 4.78 is 0. The van der Waals surface area contributed by atoms with Crippen LogP contribution in [0.2, 0.25) is 10.0 Å². The van der Waals surface area contributed by atoms with Crippen LogP contribution in [0.1, 0.15) is 24.0 Å². The Balaban J connectivity index is 1.33. The molecule has 2 fully saturated rings. The zero-order chi connectivity index (χ0) is 24.4. The van der Waals surface area contributed by atoms with Crippen LogP contribution in [0.15, 0.2) is 48.5 Å². The quantitative estimate of drug-likeness (QED) is 0.553. The van der Waals surface area contributed by atoms with E-state index in [4.69, 9.17) is 32.9 Å². The molecule has 0 saturated carbocycles. The molecule has 2 aromatic rings. The molecule has 2 aliphatic rings. The van der Waals surface area contributed by atoms with Crippen LogP contribution in [0.4, 0.5) is 4.79 Å². The summed E-state index contributed by atoms with van der Waals surface area (Å²) in [5, 5.41) is 1.68. The average molecular weight is 505 g/mol. The Hall–Kier alpha value is -3.43. The predicted molar refractivity (Wildman–Crippen MR) is 118 cm³/mol. The summed E-state index contributed by atoms with van der Waals surface area (Å²) in [6.45, 7) is 0. The number of carbonyl (C=O) groups excluding carboxylic acids is 5. The average Bonchev–Trinajstić information content (AvgIpc) is 3.21. The van der Waals surface area contributed by atoms with Crippen molar-refractivity contribution in [1.82, 2.24) is 10.1 Å². The van der Waals surface area contributed by atoms with Crippen molar-refractivity contribution >= 4 is 53.0 Å². The number of rotatable bonds is 6. The maximum Gasteiger partial charge on any atom is 0.560 e. The number of amides is 4. The monoisotopic (exact) mass is 504 g/mol. The molecule has 2 aromatic carbocycles. The van der Waals surface area contributed by atoms with Gasteiger partial charge in [-0.1, -0.05) is 57.6 Å². The summed E-state index contributed by atoms with van der Waals surface area (Å²) in [4.78, 5) is 71.2. The Morgan fingerprint density at radius 3 is 1.41 bits per heavy atom. The minimum absolute atomic E-state index is 0.167. The molecule has 0 spiro atoms. The lowest BCUT2D eigenvalue weighted by Gasteiger charge is -2.17. The van der Waals surface area contributed by atoms with Crippen LogP contribution in [0, 0.1) is 11.8 Å². The fourth-order valence-electron chi connectivity index (χ4n) is 3.83. The highest BCUT2D eigenvalue weighted by Gasteiger charge is 2.45. The van der Waals surface area contributed by atoms with Gasteiger partial charge in [-0.05, 0) is 48.2 Å². The molecule has 4 amide bonds. The third-order valence-corrected chi connectivity index (χ3v) is 6.02. The Morgan fingerprint density at radius 2 is 1.06 bits per heavy atom. The number of nitrogens with zero attached hydrogens (tertiary/aromatic N) is 2. The summed E-state index contributed by atoms with van der Waals surface area (Å²) in [6.07, 6.45) is -1.39. The van der Waals surface area contributed by atoms with Crippen LogP contribution in [0.3, 0.4) is 0 Å². The van der Waals surface area contributed by atoms with Crippen molar-refractivity contribution in [3.8, 4) is 0 Å². The fourth-order valence-corrected chi connectivity index (χ4v) is 4.08. The van der Waals surface area contributed by atoms with E-state index in [9.17, 15) is 24.0 Å². The highest BCUT2D eigenvalue weighted by molar-refractivity contribution is 6.30. The molecule has 2 heterocycles. The van der Waals surface area contributed by atoms with Crippen LogP contribution in [0.25, 0.3) is 0 Å². The number of halogens is 2. The van der Waals surface area contributed by atoms with E-state index in [2.05, 4.69) is 0 Å². The van der Waals surface area contributed by atoms with Crippen LogP contribution in [-0.4, -0.2) is 39.9 Å². The highest BCUT2D eigenvalue weighted by atomic mass is 35.5. The molecule has 11 heteroatoms. The van der Waals surface area contributed by atoms with Crippen molar-refractivity contribution in [2.75, 3.05) is 0 Å². The summed E-state index contributed by atoms with van der Waals surface area (Å²) >= 11 is 11.7. The van der Waals surface area contributed by atoms with Gasteiger partial charge in [0.25, 0.3) is 23.6 Å². The van der Waals surface area contributed by atoms with Crippen molar-refractivity contribution in [3.05, 3.63) is 69.7 Å². The van der Waals surface area contributed by atoms with E-state index in [-0.39, 0.29) is 25.7 Å². The fraction of sp³-hybridized carbons (Fsp3) is 0.261. The van der Waals surface area contributed by atoms with Gasteiger partial charge in [-0.15, -0.1) is 0 Å². The van der Waals surface area contributed by atoms with E-state index in [0.29, 0.717) is 20.2 Å². The molecule has 4 rings (SSSR count). The van der Waals surface area contributed by atoms with Gasteiger partial charge in [-0.3, -0.25) is 28.9 Å². The molecule has 0 aliphatic carbocycles. The van der Waals surface area contributed by atoms with Crippen LogP contribution >= 0.6 is 23.2 Å². The van der Waals surface area contributed by atoms with Gasteiger partial charge in [0.15, 0.2) is 0 Å². The topological polar surface area (TPSA) is 110 Å². The molecule has 0 radical (unpaired) electrons. The second kappa shape index (κ2) is 9.82. The van der Waals surface area contributed by atoms with E-state index < -0.39 is 41.6 Å². The number of hydrogen-bond donors (Lipinski definition) is 0. The van der Waals surface area contributed by atoms with Gasteiger partial charge in [0.05, 0.1) is 11.8 Å². The van der Waals surface area contributed by atoms with Crippen molar-refractivity contribution in [1.29, 1.82) is 0 Å². The first-order chi connectivity index (χ1) is 16.2. The largest absolute Gasteiger partial charge is 0.560 e. The van der Waals surface area contributed by atoms with Crippen molar-refractivity contribution < 1.29 is 33.6 Å². The molecular formula is C23H18Cl2N2O7. The highest BCUT2D eigenvalue weighted by Crippen LogP contribution is 2.27. The Bertz CT molecular complexity index is 1060. The summed E-state index contributed by atoms with van der Waals surface area (Å²) in [5.74, 6) is -4.39. The second-order valence-electron chi connectivity index (χ2n) is 7.95. The van der Waals surface area contributed by atoms with Crippen LogP contribution in [-0.2, 0) is 41.7 Å². The number of imide groups is 2. The maximum atomic E-state index is 12.6. The van der Waals surface area contributed by atoms with Gasteiger partial charge in [0, 0.05) is 22.9 Å². The zero-order valence-corrected chi connectivity index (χ0v) is 19.1. The van der Waals surface area contributed by atoms with E-state index >= 15 is 0 Å². The smallest absolute Gasteiger partial charge is 0.293 e. The molecule has 2 saturated heterocycles. The van der Waals surface area contributed by atoms with Gasteiger partial charge < -0.3 is 0 Å². The lowest BCUT2D eigenvalue weighted by molar-refractivity contribution is -0.199. The first-order valence-electron chi connectivity index (χ1n) is 10.3. The third kappa shape index (κ3) is 5.21. The molecule has 0 aromatic heterocycles. The maximum absolute atomic E-state index is 12.6. The van der Waals surface area contributed by atoms with Gasteiger partial charge in [-0.2, -0.15) is 4.79 Å². The summed E-state index contributed by atoms with van der Waals surface area (Å²) in [7, 11) is 0. The molecule has 9 nitrogen and oxygen atoms in total. The van der Waals surface area contributed by atoms with E-state index in [0.717, 1.165) is 11.1 Å². The molecule has 2 atom stereocenters. The summed E-state index contributed by atoms with van der Waals surface area (Å²) in [5.41, 5.74) is 1.56. The van der Waals surface area contributed by atoms with Crippen molar-refractivity contribution in [2.45, 2.75) is 25.7 Å². The molecular weight excluding hydrogens is 487 g/mol. The minimum Gasteiger partial charge on any atom is -0.293 e. The van der Waals surface area contributed by atoms with Gasteiger partial charge in [0.1, 0.15) is 0 Å². The summed E-state index contributed by atoms with van der Waals surface area (Å²) in [6, 6.07) is 13.5. The van der Waals surface area contributed by atoms with Gasteiger partial charge in [0.2, 0.25) is 0 Å². The van der Waals surface area contributed by atoms with Gasteiger partial charge in [-0.25, -0.2) is 0 Å². The molecule has 2 aliphatic heterocycles. The lowest BCUT2D eigenvalue weighted by atomic mass is 9.98. The molecule has 0 N–H and O–H groups in total. The second-order valence-corrected chi connectivity index (χ2v) is 8.82. The molecule has 2 unspecified atom stereocenters. The van der Waals surface area contributed by atoms with E-state index in [1.54, 1.807) is 48.5 Å². The Labute approximate surface area is 204 Å². The SMILES string of the molecule is O=C(ON1C(=O)CC(Cc2ccc(Cl)cc2)C1=O)ON1C(=O)CC(Cc2ccc(Cl)cc2)C1=O. The normalized spacial score (nSPS) is 20.3. The first kappa shape index (κ1) is 23.7. The lowest BCUT2D eigenvalue weighted by Crippen LogP contribution is -2.39. The van der Waals surface area contributed by atoms with Crippen molar-refractivity contribution in [3.63, 3.8) is 0 Å². The Kier molecular flexibility index (Phi) is 6.85. The number of hydroxylamine groups is 4. The number of carbonyl (C=O) groups is 5. The first-order valence-corrected chi connectivity index (χ1v) is 11.1. The Morgan fingerprint density at radius 1 is 0.706 bits per heavy atom. The zero-order valence-electron chi connectivity index (χ0n) is 17.6. The van der Waals surface area contributed by atoms with Crippen LogP contribution in [0.5, 0.6) is 0 Å². The van der Waals surface area contributed by atoms with Crippen LogP contribution < -0.4 is 0 Å². The molecule has 34 heavy (non-hydrogen) atoms. The predicted octanol–water partition coefficient (Wildman–Crippen LogP) is 3.51. The standard InChI is InChI=1S/C23H18Cl2N2O7/c24-17-5-1-13(2-6-17)9-15-11-19(28)26(21(15)30)33-23(32)34-27-20(29)12-16(22(27)31)10-14-3-7-18(25)8-4-14/h1-8,15-16H,9-12H2. The van der Waals surface area contributed by atoms with Crippen molar-refractivity contribution in [2.24, 2.45) is 11.8 Å².